The topological polar surface area (TPSA) is 78.0 Å². The van der Waals surface area contributed by atoms with Crippen molar-refractivity contribution in [1.82, 2.24) is 20.9 Å². The van der Waals surface area contributed by atoms with Gasteiger partial charge in [-0.2, -0.15) is 0 Å². The maximum atomic E-state index is 11.6. The second kappa shape index (κ2) is 11.0. The van der Waals surface area contributed by atoms with Gasteiger partial charge in [-0.15, -0.1) is 0 Å². The van der Waals surface area contributed by atoms with Crippen molar-refractivity contribution in [2.24, 2.45) is 4.99 Å². The SMILES string of the molecule is CN=C(NCCCNC(=O)OC(C)(C)C)NCC(C)N1CCc2ccccc2C1. The first-order chi connectivity index (χ1) is 13.8. The molecule has 1 amide bonds. The Labute approximate surface area is 175 Å². The third kappa shape index (κ3) is 8.31. The van der Waals surface area contributed by atoms with Crippen LogP contribution in [0, 0.1) is 0 Å². The molecule has 2 rings (SSSR count). The number of nitrogens with one attached hydrogen (secondary N) is 3. The lowest BCUT2D eigenvalue weighted by Gasteiger charge is -2.34. The quantitative estimate of drug-likeness (QED) is 0.370. The van der Waals surface area contributed by atoms with Gasteiger partial charge in [-0.25, -0.2) is 4.79 Å². The molecule has 1 aromatic rings. The molecule has 1 aliphatic rings. The smallest absolute Gasteiger partial charge is 0.407 e. The number of fused-ring (bicyclic) bond motifs is 1. The molecule has 0 aromatic heterocycles. The fourth-order valence-electron chi connectivity index (χ4n) is 3.29. The number of hydrogen-bond donors (Lipinski definition) is 3. The van der Waals surface area contributed by atoms with Gasteiger partial charge in [0.2, 0.25) is 0 Å². The van der Waals surface area contributed by atoms with Gasteiger partial charge in [-0.05, 0) is 51.7 Å². The lowest BCUT2D eigenvalue weighted by Crippen LogP contribution is -2.47. The fraction of sp³-hybridized carbons (Fsp3) is 0.636. The first kappa shape index (κ1) is 23.0. The molecule has 1 unspecified atom stereocenters. The van der Waals surface area contributed by atoms with Crippen molar-refractivity contribution in [1.29, 1.82) is 0 Å². The predicted molar refractivity (Wildman–Crippen MR) is 118 cm³/mol. The number of hydrogen-bond acceptors (Lipinski definition) is 4. The number of rotatable bonds is 7. The van der Waals surface area contributed by atoms with Crippen LogP contribution in [-0.4, -0.2) is 61.8 Å². The first-order valence-electron chi connectivity index (χ1n) is 10.5. The molecule has 7 nitrogen and oxygen atoms in total. The van der Waals surface area contributed by atoms with Gasteiger partial charge in [0.05, 0.1) is 0 Å². The minimum atomic E-state index is -0.471. The van der Waals surface area contributed by atoms with E-state index in [9.17, 15) is 4.79 Å². The lowest BCUT2D eigenvalue weighted by atomic mass is 9.99. The molecular weight excluding hydrogens is 366 g/mol. The van der Waals surface area contributed by atoms with Crippen LogP contribution in [0.25, 0.3) is 0 Å². The zero-order valence-electron chi connectivity index (χ0n) is 18.5. The van der Waals surface area contributed by atoms with Crippen molar-refractivity contribution < 1.29 is 9.53 Å². The highest BCUT2D eigenvalue weighted by atomic mass is 16.6. The Hall–Kier alpha value is -2.28. The molecule has 0 aliphatic carbocycles. The molecular formula is C22H37N5O2. The van der Waals surface area contributed by atoms with Crippen molar-refractivity contribution in [3.8, 4) is 0 Å². The van der Waals surface area contributed by atoms with E-state index in [-0.39, 0.29) is 6.09 Å². The number of nitrogens with zero attached hydrogens (tertiary/aromatic N) is 2. The number of carbonyl (C=O) groups excluding carboxylic acids is 1. The summed E-state index contributed by atoms with van der Waals surface area (Å²) in [5, 5.41) is 9.46. The van der Waals surface area contributed by atoms with Crippen molar-refractivity contribution in [3.05, 3.63) is 35.4 Å². The van der Waals surface area contributed by atoms with E-state index < -0.39 is 5.60 Å². The third-order valence-corrected chi connectivity index (χ3v) is 4.89. The van der Waals surface area contributed by atoms with Gasteiger partial charge in [-0.1, -0.05) is 24.3 Å². The molecule has 1 heterocycles. The van der Waals surface area contributed by atoms with E-state index in [1.165, 1.54) is 11.1 Å². The van der Waals surface area contributed by atoms with Gasteiger partial charge < -0.3 is 20.7 Å². The number of amides is 1. The second-order valence-electron chi connectivity index (χ2n) is 8.50. The maximum Gasteiger partial charge on any atom is 0.407 e. The van der Waals surface area contributed by atoms with Crippen molar-refractivity contribution in [2.75, 3.05) is 33.2 Å². The Morgan fingerprint density at radius 2 is 1.86 bits per heavy atom. The summed E-state index contributed by atoms with van der Waals surface area (Å²) in [6.07, 6.45) is 1.52. The molecule has 0 fully saturated rings. The van der Waals surface area contributed by atoms with Crippen LogP contribution in [0.15, 0.2) is 29.3 Å². The van der Waals surface area contributed by atoms with Gasteiger partial charge in [-0.3, -0.25) is 9.89 Å². The maximum absolute atomic E-state index is 11.6. The minimum absolute atomic E-state index is 0.378. The Balaban J connectivity index is 1.63. The van der Waals surface area contributed by atoms with Crippen molar-refractivity contribution >= 4 is 12.1 Å². The Morgan fingerprint density at radius 1 is 1.17 bits per heavy atom. The molecule has 1 aliphatic heterocycles. The average molecular weight is 404 g/mol. The van der Waals surface area contributed by atoms with Gasteiger partial charge in [0.25, 0.3) is 0 Å². The molecule has 0 spiro atoms. The number of carbonyl (C=O) groups is 1. The van der Waals surface area contributed by atoms with E-state index in [4.69, 9.17) is 4.74 Å². The van der Waals surface area contributed by atoms with Gasteiger partial charge in [0.1, 0.15) is 5.60 Å². The molecule has 0 bridgehead atoms. The Kier molecular flexibility index (Phi) is 8.76. The van der Waals surface area contributed by atoms with Crippen molar-refractivity contribution in [3.63, 3.8) is 0 Å². The Bertz CT molecular complexity index is 684. The molecule has 1 atom stereocenters. The summed E-state index contributed by atoms with van der Waals surface area (Å²) in [5.41, 5.74) is 2.44. The standard InChI is InChI=1S/C22H37N5O2/c1-17(27-14-11-18-9-6-7-10-19(18)16-27)15-26-20(23-5)24-12-8-13-25-21(28)29-22(2,3)4/h6-7,9-10,17H,8,11-16H2,1-5H3,(H,25,28)(H2,23,24,26). The van der Waals surface area contributed by atoms with E-state index >= 15 is 0 Å². The molecule has 1 aromatic carbocycles. The minimum Gasteiger partial charge on any atom is -0.444 e. The number of alkyl carbamates (subject to hydrolysis) is 1. The largest absolute Gasteiger partial charge is 0.444 e. The van der Waals surface area contributed by atoms with Crippen LogP contribution in [-0.2, 0) is 17.7 Å². The molecule has 0 saturated heterocycles. The normalized spacial score (nSPS) is 16.0. The van der Waals surface area contributed by atoms with Crippen LogP contribution < -0.4 is 16.0 Å². The summed E-state index contributed by atoms with van der Waals surface area (Å²) < 4.78 is 5.22. The molecule has 0 saturated carbocycles. The zero-order chi connectivity index (χ0) is 21.3. The molecule has 7 heteroatoms. The van der Waals surface area contributed by atoms with E-state index in [1.807, 2.05) is 20.8 Å². The predicted octanol–water partition coefficient (Wildman–Crippen LogP) is 2.51. The monoisotopic (exact) mass is 403 g/mol. The number of benzene rings is 1. The highest BCUT2D eigenvalue weighted by Crippen LogP contribution is 2.19. The van der Waals surface area contributed by atoms with Gasteiger partial charge >= 0.3 is 6.09 Å². The Morgan fingerprint density at radius 3 is 2.55 bits per heavy atom. The summed E-state index contributed by atoms with van der Waals surface area (Å²) in [4.78, 5) is 18.4. The van der Waals surface area contributed by atoms with E-state index in [0.717, 1.165) is 45.0 Å². The fourth-order valence-corrected chi connectivity index (χ4v) is 3.29. The molecule has 0 radical (unpaired) electrons. The summed E-state index contributed by atoms with van der Waals surface area (Å²) in [6, 6.07) is 9.12. The number of aliphatic imine (C=N–C) groups is 1. The summed E-state index contributed by atoms with van der Waals surface area (Å²) in [6.45, 7) is 12.0. The van der Waals surface area contributed by atoms with E-state index in [0.29, 0.717) is 12.6 Å². The lowest BCUT2D eigenvalue weighted by molar-refractivity contribution is 0.0527. The van der Waals surface area contributed by atoms with Crippen LogP contribution in [0.5, 0.6) is 0 Å². The second-order valence-corrected chi connectivity index (χ2v) is 8.50. The van der Waals surface area contributed by atoms with Crippen LogP contribution in [0.1, 0.15) is 45.2 Å². The van der Waals surface area contributed by atoms with Crippen LogP contribution >= 0.6 is 0 Å². The molecule has 162 valence electrons. The van der Waals surface area contributed by atoms with Crippen molar-refractivity contribution in [2.45, 2.75) is 58.7 Å². The zero-order valence-corrected chi connectivity index (χ0v) is 18.5. The van der Waals surface area contributed by atoms with E-state index in [2.05, 4.69) is 57.0 Å². The average Bonchev–Trinajstić information content (AvgIpc) is 2.68. The third-order valence-electron chi connectivity index (χ3n) is 4.89. The van der Waals surface area contributed by atoms with Crippen LogP contribution in [0.3, 0.4) is 0 Å². The summed E-state index contributed by atoms with van der Waals surface area (Å²) >= 11 is 0. The number of ether oxygens (including phenoxy) is 1. The van der Waals surface area contributed by atoms with E-state index in [1.54, 1.807) is 7.05 Å². The highest BCUT2D eigenvalue weighted by Gasteiger charge is 2.20. The highest BCUT2D eigenvalue weighted by molar-refractivity contribution is 5.79. The molecule has 29 heavy (non-hydrogen) atoms. The molecule has 3 N–H and O–H groups in total. The first-order valence-corrected chi connectivity index (χ1v) is 10.5. The van der Waals surface area contributed by atoms with Crippen LogP contribution in [0.2, 0.25) is 0 Å². The number of guanidine groups is 1. The van der Waals surface area contributed by atoms with Gasteiger partial charge in [0.15, 0.2) is 5.96 Å². The van der Waals surface area contributed by atoms with Crippen LogP contribution in [0.4, 0.5) is 4.79 Å². The summed E-state index contributed by atoms with van der Waals surface area (Å²) in [5.74, 6) is 0.784. The summed E-state index contributed by atoms with van der Waals surface area (Å²) in [7, 11) is 1.77. The van der Waals surface area contributed by atoms with Gasteiger partial charge in [0, 0.05) is 45.8 Å².